The van der Waals surface area contributed by atoms with E-state index in [1.54, 1.807) is 11.8 Å². The molecule has 3 aromatic rings. The van der Waals surface area contributed by atoms with Gasteiger partial charge in [0.2, 0.25) is 5.16 Å². The number of nitrogens with one attached hydrogen (secondary N) is 1. The quantitative estimate of drug-likeness (QED) is 0.580. The lowest BCUT2D eigenvalue weighted by Crippen LogP contribution is -1.95. The van der Waals surface area contributed by atoms with Gasteiger partial charge < -0.3 is 4.57 Å². The van der Waals surface area contributed by atoms with E-state index in [1.165, 1.54) is 54.3 Å². The lowest BCUT2D eigenvalue weighted by atomic mass is 10.1. The molecule has 5 nitrogen and oxygen atoms in total. The topological polar surface area (TPSA) is 59.4 Å². The summed E-state index contributed by atoms with van der Waals surface area (Å²) in [5, 5.41) is 16.1. The van der Waals surface area contributed by atoms with Crippen LogP contribution in [0.1, 0.15) is 45.4 Å². The van der Waals surface area contributed by atoms with E-state index in [4.69, 9.17) is 0 Å². The monoisotopic (exact) mass is 329 g/mol. The van der Waals surface area contributed by atoms with Crippen molar-refractivity contribution in [3.8, 4) is 0 Å². The minimum Gasteiger partial charge on any atom is -0.346 e. The first-order chi connectivity index (χ1) is 11.4. The van der Waals surface area contributed by atoms with E-state index in [0.717, 1.165) is 6.54 Å². The second kappa shape index (κ2) is 8.15. The van der Waals surface area contributed by atoms with Crippen molar-refractivity contribution in [2.75, 3.05) is 0 Å². The highest BCUT2D eigenvalue weighted by atomic mass is 32.2. The zero-order valence-corrected chi connectivity index (χ0v) is 14.4. The molecule has 0 atom stereocenters. The van der Waals surface area contributed by atoms with Crippen LogP contribution < -0.4 is 0 Å². The Morgan fingerprint density at radius 1 is 1.09 bits per heavy atom. The van der Waals surface area contributed by atoms with Gasteiger partial charge in [0.15, 0.2) is 0 Å². The number of para-hydroxylation sites is 1. The number of nitrogens with zero attached hydrogens (tertiary/aromatic N) is 4. The Balaban J connectivity index is 1.68. The highest BCUT2D eigenvalue weighted by Gasteiger charge is 2.11. The van der Waals surface area contributed by atoms with E-state index in [1.807, 2.05) is 0 Å². The van der Waals surface area contributed by atoms with Gasteiger partial charge in [-0.3, -0.25) is 0 Å². The molecule has 0 amide bonds. The summed E-state index contributed by atoms with van der Waals surface area (Å²) < 4.78 is 2.36. The van der Waals surface area contributed by atoms with Crippen LogP contribution in [0.3, 0.4) is 0 Å². The highest BCUT2D eigenvalue weighted by Crippen LogP contribution is 2.33. The molecule has 122 valence electrons. The standard InChI is InChI=1S/C17H23N5S/c1-2-3-4-5-6-9-12-22-13-16(23-17-18-20-21-19-17)14-10-7-8-11-15(14)22/h7-8,10-11,13H,2-6,9,12H2,1H3,(H,18,19,20,21). The molecule has 2 heterocycles. The number of aromatic nitrogens is 5. The van der Waals surface area contributed by atoms with Gasteiger partial charge in [0.05, 0.1) is 0 Å². The fourth-order valence-electron chi connectivity index (χ4n) is 2.84. The van der Waals surface area contributed by atoms with Crippen LogP contribution in [0.25, 0.3) is 10.9 Å². The lowest BCUT2D eigenvalue weighted by molar-refractivity contribution is 0.564. The predicted octanol–water partition coefficient (Wildman–Crippen LogP) is 4.67. The van der Waals surface area contributed by atoms with Gasteiger partial charge in [0, 0.05) is 28.5 Å². The van der Waals surface area contributed by atoms with Gasteiger partial charge in [-0.25, -0.2) is 0 Å². The molecule has 0 fully saturated rings. The molecule has 0 aliphatic heterocycles. The molecule has 6 heteroatoms. The van der Waals surface area contributed by atoms with Gasteiger partial charge >= 0.3 is 0 Å². The van der Waals surface area contributed by atoms with Gasteiger partial charge in [0.1, 0.15) is 0 Å². The number of hydrogen-bond acceptors (Lipinski definition) is 4. The van der Waals surface area contributed by atoms with Crippen molar-refractivity contribution < 1.29 is 0 Å². The van der Waals surface area contributed by atoms with Crippen molar-refractivity contribution in [3.63, 3.8) is 0 Å². The van der Waals surface area contributed by atoms with Crippen LogP contribution in [-0.4, -0.2) is 25.2 Å². The second-order valence-corrected chi connectivity index (χ2v) is 6.78. The molecule has 0 saturated heterocycles. The number of fused-ring (bicyclic) bond motifs is 1. The largest absolute Gasteiger partial charge is 0.346 e. The fraction of sp³-hybridized carbons (Fsp3) is 0.471. The first-order valence-corrected chi connectivity index (χ1v) is 9.19. The molecule has 1 N–H and O–H groups in total. The first-order valence-electron chi connectivity index (χ1n) is 8.37. The van der Waals surface area contributed by atoms with Crippen LogP contribution >= 0.6 is 11.8 Å². The molecule has 0 aliphatic carbocycles. The number of unbranched alkanes of at least 4 members (excludes halogenated alkanes) is 5. The van der Waals surface area contributed by atoms with Crippen molar-refractivity contribution in [1.82, 2.24) is 25.2 Å². The average Bonchev–Trinajstić information content (AvgIpc) is 3.20. The Labute approximate surface area is 140 Å². The first kappa shape index (κ1) is 16.1. The van der Waals surface area contributed by atoms with Crippen molar-refractivity contribution in [1.29, 1.82) is 0 Å². The SMILES string of the molecule is CCCCCCCCn1cc(Sc2nn[nH]n2)c2ccccc21. The molecule has 0 aliphatic rings. The second-order valence-electron chi connectivity index (χ2n) is 5.77. The zero-order valence-electron chi connectivity index (χ0n) is 13.5. The van der Waals surface area contributed by atoms with Crippen molar-refractivity contribution >= 4 is 22.7 Å². The minimum atomic E-state index is 0.660. The molecule has 23 heavy (non-hydrogen) atoms. The number of H-pyrrole nitrogens is 1. The summed E-state index contributed by atoms with van der Waals surface area (Å²) >= 11 is 1.56. The highest BCUT2D eigenvalue weighted by molar-refractivity contribution is 7.99. The van der Waals surface area contributed by atoms with Crippen LogP contribution in [0.2, 0.25) is 0 Å². The number of rotatable bonds is 9. The maximum Gasteiger partial charge on any atom is 0.235 e. The molecule has 2 aromatic heterocycles. The summed E-state index contributed by atoms with van der Waals surface area (Å²) in [6.07, 6.45) is 10.1. The van der Waals surface area contributed by atoms with Gasteiger partial charge in [-0.2, -0.15) is 5.21 Å². The summed E-state index contributed by atoms with van der Waals surface area (Å²) in [6.45, 7) is 3.33. The summed E-state index contributed by atoms with van der Waals surface area (Å²) in [4.78, 5) is 1.19. The van der Waals surface area contributed by atoms with Crippen molar-refractivity contribution in [2.24, 2.45) is 0 Å². The molecular formula is C17H23N5S. The van der Waals surface area contributed by atoms with Crippen LogP contribution in [0, 0.1) is 0 Å². The third-order valence-electron chi connectivity index (χ3n) is 4.03. The zero-order chi connectivity index (χ0) is 15.9. The molecule has 1 aromatic carbocycles. The summed E-state index contributed by atoms with van der Waals surface area (Å²) in [6, 6.07) is 8.53. The number of hydrogen-bond donors (Lipinski definition) is 1. The number of aryl methyl sites for hydroxylation is 1. The molecule has 3 rings (SSSR count). The van der Waals surface area contributed by atoms with E-state index < -0.39 is 0 Å². The van der Waals surface area contributed by atoms with E-state index in [2.05, 4.69) is 62.6 Å². The predicted molar refractivity (Wildman–Crippen MR) is 93.6 cm³/mol. The molecule has 0 unspecified atom stereocenters. The summed E-state index contributed by atoms with van der Waals surface area (Å²) in [5.74, 6) is 0. The van der Waals surface area contributed by atoms with Crippen molar-refractivity contribution in [2.45, 2.75) is 62.0 Å². The Kier molecular flexibility index (Phi) is 5.69. The third-order valence-corrected chi connectivity index (χ3v) is 4.93. The Hall–Kier alpha value is -1.82. The minimum absolute atomic E-state index is 0.660. The maximum atomic E-state index is 4.04. The third kappa shape index (κ3) is 4.13. The van der Waals surface area contributed by atoms with Gasteiger partial charge in [0.25, 0.3) is 0 Å². The lowest BCUT2D eigenvalue weighted by Gasteiger charge is -2.05. The fourth-order valence-corrected chi connectivity index (χ4v) is 3.66. The number of aromatic amines is 1. The van der Waals surface area contributed by atoms with Gasteiger partial charge in [-0.15, -0.1) is 10.2 Å². The van der Waals surface area contributed by atoms with Crippen LogP contribution in [-0.2, 0) is 6.54 Å². The van der Waals surface area contributed by atoms with Crippen LogP contribution in [0.5, 0.6) is 0 Å². The Morgan fingerprint density at radius 2 is 1.91 bits per heavy atom. The van der Waals surface area contributed by atoms with Crippen LogP contribution in [0.4, 0.5) is 0 Å². The van der Waals surface area contributed by atoms with E-state index in [0.29, 0.717) is 5.16 Å². The normalized spacial score (nSPS) is 11.3. The van der Waals surface area contributed by atoms with Crippen LogP contribution in [0.15, 0.2) is 40.5 Å². The van der Waals surface area contributed by atoms with E-state index in [-0.39, 0.29) is 0 Å². The van der Waals surface area contributed by atoms with Gasteiger partial charge in [-0.1, -0.05) is 57.2 Å². The van der Waals surface area contributed by atoms with Crippen molar-refractivity contribution in [3.05, 3.63) is 30.5 Å². The molecule has 0 radical (unpaired) electrons. The molecular weight excluding hydrogens is 306 g/mol. The maximum absolute atomic E-state index is 4.04. The molecule has 0 saturated carbocycles. The van der Waals surface area contributed by atoms with E-state index >= 15 is 0 Å². The summed E-state index contributed by atoms with van der Waals surface area (Å²) in [5.41, 5.74) is 1.28. The summed E-state index contributed by atoms with van der Waals surface area (Å²) in [7, 11) is 0. The van der Waals surface area contributed by atoms with E-state index in [9.17, 15) is 0 Å². The average molecular weight is 329 g/mol. The number of tetrazole rings is 1. The number of benzene rings is 1. The Morgan fingerprint density at radius 3 is 2.74 bits per heavy atom. The molecule has 0 bridgehead atoms. The van der Waals surface area contributed by atoms with Gasteiger partial charge in [-0.05, 0) is 29.5 Å². The Bertz CT molecular complexity index is 720. The smallest absolute Gasteiger partial charge is 0.235 e. The molecule has 0 spiro atoms.